The van der Waals surface area contributed by atoms with Crippen LogP contribution in [0.5, 0.6) is 5.75 Å². The lowest BCUT2D eigenvalue weighted by Gasteiger charge is -2.15. The molecule has 0 aliphatic carbocycles. The van der Waals surface area contributed by atoms with Gasteiger partial charge in [0.2, 0.25) is 0 Å². The highest BCUT2D eigenvalue weighted by atomic mass is 35.5. The molecule has 0 unspecified atom stereocenters. The molecule has 26 heavy (non-hydrogen) atoms. The van der Waals surface area contributed by atoms with Crippen molar-refractivity contribution < 1.29 is 18.8 Å². The fourth-order valence-corrected chi connectivity index (χ4v) is 2.79. The molecular weight excluding hydrogens is 356 g/mol. The Morgan fingerprint density at radius 3 is 2.92 bits per heavy atom. The molecule has 1 aromatic carbocycles. The maximum atomic E-state index is 11.5. The third kappa shape index (κ3) is 4.14. The van der Waals surface area contributed by atoms with Gasteiger partial charge in [0.25, 0.3) is 0 Å². The summed E-state index contributed by atoms with van der Waals surface area (Å²) in [4.78, 5) is 15.8. The number of rotatable bonds is 7. The minimum Gasteiger partial charge on any atom is -0.483 e. The number of nitrogens with zero attached hydrogens (tertiary/aromatic N) is 2. The lowest BCUT2D eigenvalue weighted by Crippen LogP contribution is -2.05. The van der Waals surface area contributed by atoms with Crippen LogP contribution < -0.4 is 4.74 Å². The maximum absolute atomic E-state index is 11.5. The Bertz CT molecular complexity index is 895. The van der Waals surface area contributed by atoms with Gasteiger partial charge in [-0.2, -0.15) is 0 Å². The number of fused-ring (bicyclic) bond motifs is 1. The average Bonchev–Trinajstić information content (AvgIpc) is 3.03. The second-order valence-corrected chi connectivity index (χ2v) is 6.13. The number of halogens is 1. The molecule has 0 N–H and O–H groups in total. The molecule has 0 saturated carbocycles. The van der Waals surface area contributed by atoms with E-state index in [4.69, 9.17) is 25.6 Å². The van der Waals surface area contributed by atoms with E-state index in [1.165, 1.54) is 0 Å². The van der Waals surface area contributed by atoms with Gasteiger partial charge >= 0.3 is 5.97 Å². The number of aromatic nitrogens is 2. The normalized spacial score (nSPS) is 12.1. The molecule has 0 aliphatic rings. The molecule has 0 amide bonds. The predicted molar refractivity (Wildman–Crippen MR) is 97.3 cm³/mol. The van der Waals surface area contributed by atoms with Crippen molar-refractivity contribution in [1.82, 2.24) is 10.1 Å². The van der Waals surface area contributed by atoms with Crippen molar-refractivity contribution in [3.8, 4) is 5.75 Å². The monoisotopic (exact) mass is 374 g/mol. The molecule has 0 fully saturated rings. The summed E-state index contributed by atoms with van der Waals surface area (Å²) < 4.78 is 16.2. The van der Waals surface area contributed by atoms with Crippen LogP contribution in [0.15, 0.2) is 41.1 Å². The second kappa shape index (κ2) is 8.19. The molecule has 0 bridgehead atoms. The van der Waals surface area contributed by atoms with Crippen LogP contribution in [0.25, 0.3) is 11.0 Å². The molecule has 7 heteroatoms. The summed E-state index contributed by atoms with van der Waals surface area (Å²) in [6, 6.07) is 9.09. The summed E-state index contributed by atoms with van der Waals surface area (Å²) >= 11 is 6.37. The highest BCUT2D eigenvalue weighted by molar-refractivity contribution is 6.32. The number of hydrogen-bond donors (Lipinski definition) is 0. The van der Waals surface area contributed by atoms with Gasteiger partial charge in [0, 0.05) is 24.1 Å². The van der Waals surface area contributed by atoms with Gasteiger partial charge in [-0.3, -0.25) is 9.78 Å². The van der Waals surface area contributed by atoms with Crippen LogP contribution in [-0.4, -0.2) is 22.7 Å². The SMILES string of the molecule is CCOC(=O)CCc1noc2cc(O[C@H](C)c3ccccn3)c(Cl)cc12. The first kappa shape index (κ1) is 18.2. The van der Waals surface area contributed by atoms with Crippen LogP contribution in [0.3, 0.4) is 0 Å². The summed E-state index contributed by atoms with van der Waals surface area (Å²) in [7, 11) is 0. The molecule has 0 saturated heterocycles. The Labute approximate surface area is 156 Å². The number of hydrogen-bond acceptors (Lipinski definition) is 6. The Kier molecular flexibility index (Phi) is 5.73. The van der Waals surface area contributed by atoms with E-state index < -0.39 is 0 Å². The van der Waals surface area contributed by atoms with Gasteiger partial charge in [0.1, 0.15) is 11.9 Å². The number of carbonyl (C=O) groups is 1. The second-order valence-electron chi connectivity index (χ2n) is 5.73. The van der Waals surface area contributed by atoms with Gasteiger partial charge < -0.3 is 14.0 Å². The first-order valence-electron chi connectivity index (χ1n) is 8.39. The number of pyridine rings is 1. The first-order chi connectivity index (χ1) is 12.6. The smallest absolute Gasteiger partial charge is 0.306 e. The van der Waals surface area contributed by atoms with Gasteiger partial charge in [-0.25, -0.2) is 0 Å². The van der Waals surface area contributed by atoms with E-state index in [1.807, 2.05) is 25.1 Å². The van der Waals surface area contributed by atoms with Crippen LogP contribution in [0, 0.1) is 0 Å². The molecule has 3 aromatic rings. The van der Waals surface area contributed by atoms with Crippen molar-refractivity contribution in [2.45, 2.75) is 32.8 Å². The topological polar surface area (TPSA) is 74.5 Å². The van der Waals surface area contributed by atoms with E-state index in [9.17, 15) is 4.79 Å². The highest BCUT2D eigenvalue weighted by Gasteiger charge is 2.16. The minimum absolute atomic E-state index is 0.238. The Hall–Kier alpha value is -2.60. The summed E-state index contributed by atoms with van der Waals surface area (Å²) in [5.74, 6) is 0.226. The molecule has 0 spiro atoms. The van der Waals surface area contributed by atoms with Gasteiger partial charge in [-0.05, 0) is 32.0 Å². The zero-order chi connectivity index (χ0) is 18.5. The predicted octanol–water partition coefficient (Wildman–Crippen LogP) is 4.51. The van der Waals surface area contributed by atoms with E-state index in [0.717, 1.165) is 11.1 Å². The van der Waals surface area contributed by atoms with Gasteiger partial charge in [-0.1, -0.05) is 22.8 Å². The van der Waals surface area contributed by atoms with Crippen molar-refractivity contribution in [1.29, 1.82) is 0 Å². The van der Waals surface area contributed by atoms with Crippen LogP contribution in [-0.2, 0) is 16.0 Å². The fourth-order valence-electron chi connectivity index (χ4n) is 2.58. The van der Waals surface area contributed by atoms with Crippen molar-refractivity contribution in [3.63, 3.8) is 0 Å². The minimum atomic E-state index is -0.266. The van der Waals surface area contributed by atoms with E-state index in [2.05, 4.69) is 10.1 Å². The molecule has 136 valence electrons. The van der Waals surface area contributed by atoms with Crippen LogP contribution in [0.4, 0.5) is 0 Å². The van der Waals surface area contributed by atoms with Crippen molar-refractivity contribution in [3.05, 3.63) is 52.9 Å². The van der Waals surface area contributed by atoms with E-state index in [1.54, 1.807) is 25.3 Å². The van der Waals surface area contributed by atoms with E-state index in [-0.39, 0.29) is 18.5 Å². The van der Waals surface area contributed by atoms with Crippen LogP contribution in [0.1, 0.15) is 37.8 Å². The van der Waals surface area contributed by atoms with E-state index in [0.29, 0.717) is 35.1 Å². The Balaban J connectivity index is 1.77. The maximum Gasteiger partial charge on any atom is 0.306 e. The zero-order valence-electron chi connectivity index (χ0n) is 14.6. The van der Waals surface area contributed by atoms with Crippen LogP contribution >= 0.6 is 11.6 Å². The number of carbonyl (C=O) groups excluding carboxylic acids is 1. The molecule has 0 radical (unpaired) electrons. The van der Waals surface area contributed by atoms with Gasteiger partial charge in [0.15, 0.2) is 5.58 Å². The molecule has 2 heterocycles. The number of benzene rings is 1. The first-order valence-corrected chi connectivity index (χ1v) is 8.77. The Morgan fingerprint density at radius 2 is 2.19 bits per heavy atom. The van der Waals surface area contributed by atoms with Crippen molar-refractivity contribution >= 4 is 28.5 Å². The molecule has 3 rings (SSSR count). The number of ether oxygens (including phenoxy) is 2. The van der Waals surface area contributed by atoms with E-state index >= 15 is 0 Å². The molecule has 0 aliphatic heterocycles. The fraction of sp³-hybridized carbons (Fsp3) is 0.316. The highest BCUT2D eigenvalue weighted by Crippen LogP contribution is 2.34. The van der Waals surface area contributed by atoms with Crippen molar-refractivity contribution in [2.75, 3.05) is 6.61 Å². The van der Waals surface area contributed by atoms with Crippen LogP contribution in [0.2, 0.25) is 5.02 Å². The average molecular weight is 375 g/mol. The summed E-state index contributed by atoms with van der Waals surface area (Å²) in [6.07, 6.45) is 2.11. The Morgan fingerprint density at radius 1 is 1.35 bits per heavy atom. The molecule has 1 atom stereocenters. The number of aryl methyl sites for hydroxylation is 1. The summed E-state index contributed by atoms with van der Waals surface area (Å²) in [6.45, 7) is 4.03. The van der Waals surface area contributed by atoms with Crippen molar-refractivity contribution in [2.24, 2.45) is 0 Å². The standard InChI is InChI=1S/C19H19ClN2O4/c1-3-24-19(23)8-7-16-13-10-14(20)18(11-17(13)26-22-16)25-12(2)15-6-4-5-9-21-15/h4-6,9-12H,3,7-8H2,1-2H3/t12-/m1/s1. The summed E-state index contributed by atoms with van der Waals surface area (Å²) in [5, 5.41) is 5.24. The third-order valence-corrected chi connectivity index (χ3v) is 4.17. The van der Waals surface area contributed by atoms with Gasteiger partial charge in [0.05, 0.1) is 29.4 Å². The van der Waals surface area contributed by atoms with Gasteiger partial charge in [-0.15, -0.1) is 0 Å². The third-order valence-electron chi connectivity index (χ3n) is 3.88. The largest absolute Gasteiger partial charge is 0.483 e. The lowest BCUT2D eigenvalue weighted by atomic mass is 10.1. The molecule has 2 aromatic heterocycles. The molecular formula is C19H19ClN2O4. The molecule has 6 nitrogen and oxygen atoms in total. The quantitative estimate of drug-likeness (QED) is 0.566. The summed E-state index contributed by atoms with van der Waals surface area (Å²) in [5.41, 5.74) is 2.02. The lowest BCUT2D eigenvalue weighted by molar-refractivity contribution is -0.143. The number of esters is 1. The zero-order valence-corrected chi connectivity index (χ0v) is 15.3.